The van der Waals surface area contributed by atoms with E-state index in [1.807, 2.05) is 12.1 Å². The van der Waals surface area contributed by atoms with Crippen molar-refractivity contribution < 1.29 is 4.74 Å². The molecule has 1 fully saturated rings. The number of nitrogens with one attached hydrogen (secondary N) is 1. The lowest BCUT2D eigenvalue weighted by Gasteiger charge is -2.22. The van der Waals surface area contributed by atoms with Crippen molar-refractivity contribution in [3.05, 3.63) is 59.9 Å². The Balaban J connectivity index is 0.00000176. The van der Waals surface area contributed by atoms with Crippen LogP contribution in [0.1, 0.15) is 24.0 Å². The van der Waals surface area contributed by atoms with Gasteiger partial charge in [-0.1, -0.05) is 24.3 Å². The number of halogens is 1. The molecule has 0 radical (unpaired) electrons. The van der Waals surface area contributed by atoms with Gasteiger partial charge in [0.1, 0.15) is 12.4 Å². The topological polar surface area (TPSA) is 34.1 Å². The summed E-state index contributed by atoms with van der Waals surface area (Å²) in [5.74, 6) is 1.70. The quantitative estimate of drug-likeness (QED) is 0.914. The van der Waals surface area contributed by atoms with Crippen LogP contribution in [-0.4, -0.2) is 18.1 Å². The molecule has 0 aliphatic carbocycles. The van der Waals surface area contributed by atoms with Crippen LogP contribution in [0, 0.1) is 5.92 Å². The van der Waals surface area contributed by atoms with Gasteiger partial charge in [-0.05, 0) is 61.5 Å². The van der Waals surface area contributed by atoms with Crippen molar-refractivity contribution in [1.29, 1.82) is 0 Å². The first-order valence-electron chi connectivity index (χ1n) is 7.71. The molecule has 118 valence electrons. The van der Waals surface area contributed by atoms with Crippen LogP contribution in [0.15, 0.2) is 48.8 Å². The summed E-state index contributed by atoms with van der Waals surface area (Å²) in [5.41, 5.74) is 2.65. The molecular formula is C18H23ClN2O. The van der Waals surface area contributed by atoms with Gasteiger partial charge < -0.3 is 10.1 Å². The van der Waals surface area contributed by atoms with Crippen molar-refractivity contribution in [1.82, 2.24) is 10.3 Å². The molecule has 2 heterocycles. The summed E-state index contributed by atoms with van der Waals surface area (Å²) in [6.45, 7) is 2.95. The van der Waals surface area contributed by atoms with Crippen molar-refractivity contribution in [2.75, 3.05) is 13.1 Å². The summed E-state index contributed by atoms with van der Waals surface area (Å²) in [6, 6.07) is 12.6. The maximum Gasteiger partial charge on any atom is 0.122 e. The average Bonchev–Trinajstić information content (AvgIpc) is 2.56. The van der Waals surface area contributed by atoms with Crippen molar-refractivity contribution in [3.63, 3.8) is 0 Å². The Morgan fingerprint density at radius 3 is 2.27 bits per heavy atom. The van der Waals surface area contributed by atoms with Gasteiger partial charge in [0.25, 0.3) is 0 Å². The molecule has 0 amide bonds. The van der Waals surface area contributed by atoms with E-state index < -0.39 is 0 Å². The first-order chi connectivity index (χ1) is 10.4. The lowest BCUT2D eigenvalue weighted by molar-refractivity contribution is 0.306. The van der Waals surface area contributed by atoms with E-state index in [-0.39, 0.29) is 12.4 Å². The summed E-state index contributed by atoms with van der Waals surface area (Å²) in [6.07, 6.45) is 7.29. The van der Waals surface area contributed by atoms with Crippen molar-refractivity contribution in [3.8, 4) is 5.75 Å². The Kier molecular flexibility index (Phi) is 6.69. The molecule has 1 N–H and O–H groups in total. The van der Waals surface area contributed by atoms with E-state index >= 15 is 0 Å². The van der Waals surface area contributed by atoms with Gasteiger partial charge in [0, 0.05) is 12.4 Å². The standard InChI is InChI=1S/C18H22N2O.ClH/c1-3-17(14-21-18-7-11-20-12-8-18)4-2-15(1)13-16-5-9-19-10-6-16;/h1-4,7-8,11-12,16,19H,5-6,9-10,13-14H2;1H. The zero-order valence-electron chi connectivity index (χ0n) is 12.7. The Hall–Kier alpha value is -1.58. The highest BCUT2D eigenvalue weighted by atomic mass is 35.5. The van der Waals surface area contributed by atoms with Gasteiger partial charge in [-0.25, -0.2) is 0 Å². The number of aromatic nitrogens is 1. The molecule has 1 aliphatic heterocycles. The Labute approximate surface area is 138 Å². The van der Waals surface area contributed by atoms with Crippen LogP contribution in [0.4, 0.5) is 0 Å². The smallest absolute Gasteiger partial charge is 0.122 e. The van der Waals surface area contributed by atoms with Gasteiger partial charge in [0.15, 0.2) is 0 Å². The summed E-state index contributed by atoms with van der Waals surface area (Å²) >= 11 is 0. The molecule has 1 saturated heterocycles. The SMILES string of the molecule is Cl.c1cc(OCc2ccc(CC3CCNCC3)cc2)ccn1. The molecule has 22 heavy (non-hydrogen) atoms. The molecule has 0 atom stereocenters. The van der Waals surface area contributed by atoms with Gasteiger partial charge in [-0.3, -0.25) is 4.98 Å². The summed E-state index contributed by atoms with van der Waals surface area (Å²) in [4.78, 5) is 3.98. The fraction of sp³-hybridized carbons (Fsp3) is 0.389. The molecule has 0 saturated carbocycles. The number of ether oxygens (including phenoxy) is 1. The molecule has 3 nitrogen and oxygen atoms in total. The highest BCUT2D eigenvalue weighted by Crippen LogP contribution is 2.19. The Bertz CT molecular complexity index is 539. The van der Waals surface area contributed by atoms with Gasteiger partial charge in [0.2, 0.25) is 0 Å². The van der Waals surface area contributed by atoms with E-state index in [2.05, 4.69) is 34.6 Å². The highest BCUT2D eigenvalue weighted by Gasteiger charge is 2.13. The number of hydrogen-bond acceptors (Lipinski definition) is 3. The Morgan fingerprint density at radius 2 is 1.59 bits per heavy atom. The molecule has 1 aromatic heterocycles. The molecule has 0 unspecified atom stereocenters. The predicted molar refractivity (Wildman–Crippen MR) is 91.6 cm³/mol. The second kappa shape index (κ2) is 8.76. The van der Waals surface area contributed by atoms with E-state index in [4.69, 9.17) is 4.74 Å². The molecular weight excluding hydrogens is 296 g/mol. The largest absolute Gasteiger partial charge is 0.489 e. The third kappa shape index (κ3) is 5.00. The summed E-state index contributed by atoms with van der Waals surface area (Å²) < 4.78 is 5.73. The predicted octanol–water partition coefficient (Wildman–Crippen LogP) is 3.62. The maximum atomic E-state index is 5.73. The molecule has 1 aliphatic rings. The molecule has 0 spiro atoms. The van der Waals surface area contributed by atoms with E-state index in [0.717, 1.165) is 11.7 Å². The van der Waals surface area contributed by atoms with Crippen LogP contribution in [-0.2, 0) is 13.0 Å². The fourth-order valence-corrected chi connectivity index (χ4v) is 2.79. The van der Waals surface area contributed by atoms with Gasteiger partial charge >= 0.3 is 0 Å². The van der Waals surface area contributed by atoms with E-state index in [0.29, 0.717) is 6.61 Å². The number of rotatable bonds is 5. The first-order valence-corrected chi connectivity index (χ1v) is 7.71. The third-order valence-electron chi connectivity index (χ3n) is 4.06. The van der Waals surface area contributed by atoms with Crippen LogP contribution in [0.3, 0.4) is 0 Å². The number of nitrogens with zero attached hydrogens (tertiary/aromatic N) is 1. The van der Waals surface area contributed by atoms with Crippen molar-refractivity contribution in [2.24, 2.45) is 5.92 Å². The summed E-state index contributed by atoms with van der Waals surface area (Å²) in [7, 11) is 0. The van der Waals surface area contributed by atoms with E-state index in [9.17, 15) is 0 Å². The van der Waals surface area contributed by atoms with Gasteiger partial charge in [0.05, 0.1) is 0 Å². The normalized spacial score (nSPS) is 15.1. The monoisotopic (exact) mass is 318 g/mol. The number of piperidine rings is 1. The Morgan fingerprint density at radius 1 is 0.955 bits per heavy atom. The van der Waals surface area contributed by atoms with Crippen LogP contribution < -0.4 is 10.1 Å². The minimum Gasteiger partial charge on any atom is -0.489 e. The molecule has 2 aromatic rings. The van der Waals surface area contributed by atoms with Crippen molar-refractivity contribution >= 4 is 12.4 Å². The van der Waals surface area contributed by atoms with Crippen LogP contribution >= 0.6 is 12.4 Å². The number of benzene rings is 1. The number of hydrogen-bond donors (Lipinski definition) is 1. The van der Waals surface area contributed by atoms with E-state index in [1.165, 1.54) is 43.5 Å². The van der Waals surface area contributed by atoms with Crippen LogP contribution in [0.25, 0.3) is 0 Å². The van der Waals surface area contributed by atoms with Gasteiger partial charge in [-0.15, -0.1) is 12.4 Å². The zero-order valence-corrected chi connectivity index (χ0v) is 13.5. The van der Waals surface area contributed by atoms with Crippen LogP contribution in [0.5, 0.6) is 5.75 Å². The maximum absolute atomic E-state index is 5.73. The molecule has 4 heteroatoms. The number of pyridine rings is 1. The molecule has 3 rings (SSSR count). The minimum absolute atomic E-state index is 0. The lowest BCUT2D eigenvalue weighted by Crippen LogP contribution is -2.28. The molecule has 0 bridgehead atoms. The third-order valence-corrected chi connectivity index (χ3v) is 4.06. The minimum atomic E-state index is 0. The molecule has 1 aromatic carbocycles. The fourth-order valence-electron chi connectivity index (χ4n) is 2.79. The summed E-state index contributed by atoms with van der Waals surface area (Å²) in [5, 5.41) is 3.42. The zero-order chi connectivity index (χ0) is 14.3. The lowest BCUT2D eigenvalue weighted by atomic mass is 9.91. The second-order valence-electron chi connectivity index (χ2n) is 5.69. The van der Waals surface area contributed by atoms with E-state index in [1.54, 1.807) is 12.4 Å². The first kappa shape index (κ1) is 16.8. The van der Waals surface area contributed by atoms with Crippen molar-refractivity contribution in [2.45, 2.75) is 25.9 Å². The highest BCUT2D eigenvalue weighted by molar-refractivity contribution is 5.85. The van der Waals surface area contributed by atoms with Gasteiger partial charge in [-0.2, -0.15) is 0 Å². The second-order valence-corrected chi connectivity index (χ2v) is 5.69. The average molecular weight is 319 g/mol. The van der Waals surface area contributed by atoms with Crippen LogP contribution in [0.2, 0.25) is 0 Å².